The summed E-state index contributed by atoms with van der Waals surface area (Å²) in [6, 6.07) is 16.3. The molecule has 3 rings (SSSR count). The highest BCUT2D eigenvalue weighted by atomic mass is 35.5. The molecular weight excluding hydrogens is 280 g/mol. The van der Waals surface area contributed by atoms with Gasteiger partial charge in [-0.1, -0.05) is 55.3 Å². The molecule has 3 heteroatoms. The van der Waals surface area contributed by atoms with Crippen LogP contribution in [0.25, 0.3) is 11.0 Å². The first-order chi connectivity index (χ1) is 10.3. The number of imidazole rings is 1. The quantitative estimate of drug-likeness (QED) is 0.642. The van der Waals surface area contributed by atoms with Crippen molar-refractivity contribution in [1.82, 2.24) is 9.55 Å². The maximum Gasteiger partial charge on any atom is 0.110 e. The topological polar surface area (TPSA) is 17.8 Å². The van der Waals surface area contributed by atoms with Crippen LogP contribution < -0.4 is 0 Å². The van der Waals surface area contributed by atoms with Crippen LogP contribution in [0.4, 0.5) is 0 Å². The van der Waals surface area contributed by atoms with E-state index < -0.39 is 0 Å². The Bertz CT molecular complexity index is 746. The molecular formula is C18H19ClN2. The van der Waals surface area contributed by atoms with Crippen molar-refractivity contribution >= 4 is 22.6 Å². The second-order valence-corrected chi connectivity index (χ2v) is 5.71. The van der Waals surface area contributed by atoms with Gasteiger partial charge in [0.2, 0.25) is 0 Å². The van der Waals surface area contributed by atoms with Crippen molar-refractivity contribution < 1.29 is 0 Å². The third-order valence-corrected chi connectivity index (χ3v) is 4.14. The molecule has 3 aromatic rings. The van der Waals surface area contributed by atoms with E-state index in [1.807, 2.05) is 24.3 Å². The molecule has 0 fully saturated rings. The predicted octanol–water partition coefficient (Wildman–Crippen LogP) is 5.08. The largest absolute Gasteiger partial charge is 0.323 e. The van der Waals surface area contributed by atoms with Crippen molar-refractivity contribution in [3.05, 3.63) is 64.9 Å². The molecule has 0 radical (unpaired) electrons. The van der Waals surface area contributed by atoms with Gasteiger partial charge >= 0.3 is 0 Å². The lowest BCUT2D eigenvalue weighted by molar-refractivity contribution is 0.690. The SMILES string of the molecule is CCCCc1nc2ccccc2n1Cc1ccccc1Cl. The highest BCUT2D eigenvalue weighted by Gasteiger charge is 2.11. The lowest BCUT2D eigenvalue weighted by atomic mass is 10.2. The lowest BCUT2D eigenvalue weighted by Crippen LogP contribution is -2.05. The zero-order chi connectivity index (χ0) is 14.7. The maximum absolute atomic E-state index is 6.32. The van der Waals surface area contributed by atoms with Gasteiger partial charge in [0.1, 0.15) is 5.82 Å². The van der Waals surface area contributed by atoms with Crippen molar-refractivity contribution in [2.75, 3.05) is 0 Å². The molecule has 0 N–H and O–H groups in total. The van der Waals surface area contributed by atoms with E-state index in [2.05, 4.69) is 35.8 Å². The minimum atomic E-state index is 0.777. The van der Waals surface area contributed by atoms with E-state index in [0.29, 0.717) is 0 Å². The van der Waals surface area contributed by atoms with E-state index >= 15 is 0 Å². The summed E-state index contributed by atoms with van der Waals surface area (Å²) in [6.45, 7) is 2.99. The molecule has 0 bridgehead atoms. The van der Waals surface area contributed by atoms with Gasteiger partial charge in [-0.05, 0) is 30.2 Å². The molecule has 2 nitrogen and oxygen atoms in total. The summed E-state index contributed by atoms with van der Waals surface area (Å²) in [5.41, 5.74) is 3.39. The summed E-state index contributed by atoms with van der Waals surface area (Å²) in [5, 5.41) is 0.816. The normalized spacial score (nSPS) is 11.1. The summed E-state index contributed by atoms with van der Waals surface area (Å²) < 4.78 is 2.30. The number of benzene rings is 2. The van der Waals surface area contributed by atoms with Gasteiger partial charge in [-0.3, -0.25) is 0 Å². The van der Waals surface area contributed by atoms with Gasteiger partial charge in [-0.25, -0.2) is 4.98 Å². The number of aromatic nitrogens is 2. The molecule has 0 atom stereocenters. The molecule has 0 aliphatic rings. The van der Waals surface area contributed by atoms with Crippen LogP contribution >= 0.6 is 11.6 Å². The Balaban J connectivity index is 2.04. The number of halogens is 1. The number of rotatable bonds is 5. The smallest absolute Gasteiger partial charge is 0.110 e. The number of nitrogens with zero attached hydrogens (tertiary/aromatic N) is 2. The van der Waals surface area contributed by atoms with Crippen LogP contribution in [-0.4, -0.2) is 9.55 Å². The molecule has 0 aliphatic heterocycles. The fourth-order valence-electron chi connectivity index (χ4n) is 2.62. The molecule has 0 aliphatic carbocycles. The number of aryl methyl sites for hydroxylation is 1. The van der Waals surface area contributed by atoms with Crippen molar-refractivity contribution in [1.29, 1.82) is 0 Å². The monoisotopic (exact) mass is 298 g/mol. The van der Waals surface area contributed by atoms with Gasteiger partial charge in [0.05, 0.1) is 17.6 Å². The van der Waals surface area contributed by atoms with E-state index in [0.717, 1.165) is 41.3 Å². The van der Waals surface area contributed by atoms with Crippen LogP contribution in [0.1, 0.15) is 31.2 Å². The molecule has 0 spiro atoms. The van der Waals surface area contributed by atoms with Gasteiger partial charge in [0.15, 0.2) is 0 Å². The van der Waals surface area contributed by atoms with Crippen LogP contribution in [0.15, 0.2) is 48.5 Å². The Morgan fingerprint density at radius 2 is 1.81 bits per heavy atom. The number of fused-ring (bicyclic) bond motifs is 1. The van der Waals surface area contributed by atoms with Crippen molar-refractivity contribution in [3.8, 4) is 0 Å². The molecule has 108 valence electrons. The second-order valence-electron chi connectivity index (χ2n) is 5.30. The van der Waals surface area contributed by atoms with Crippen LogP contribution in [0, 0.1) is 0 Å². The average Bonchev–Trinajstić information content (AvgIpc) is 2.85. The summed E-state index contributed by atoms with van der Waals surface area (Å²) >= 11 is 6.32. The Hall–Kier alpha value is -1.80. The van der Waals surface area contributed by atoms with E-state index in [1.165, 1.54) is 11.9 Å². The minimum Gasteiger partial charge on any atom is -0.323 e. The fourth-order valence-corrected chi connectivity index (χ4v) is 2.82. The first-order valence-electron chi connectivity index (χ1n) is 7.47. The van der Waals surface area contributed by atoms with Gasteiger partial charge in [-0.2, -0.15) is 0 Å². The lowest BCUT2D eigenvalue weighted by Gasteiger charge is -2.10. The van der Waals surface area contributed by atoms with Crippen LogP contribution in [0.5, 0.6) is 0 Å². The number of hydrogen-bond acceptors (Lipinski definition) is 1. The Kier molecular flexibility index (Phi) is 4.26. The summed E-state index contributed by atoms with van der Waals surface area (Å²) in [5.74, 6) is 1.15. The van der Waals surface area contributed by atoms with Gasteiger partial charge in [0.25, 0.3) is 0 Å². The van der Waals surface area contributed by atoms with Crippen molar-refractivity contribution in [3.63, 3.8) is 0 Å². The Morgan fingerprint density at radius 3 is 2.62 bits per heavy atom. The standard InChI is InChI=1S/C18H19ClN2/c1-2-3-12-18-20-16-10-6-7-11-17(16)21(18)13-14-8-4-5-9-15(14)19/h4-11H,2-3,12-13H2,1H3. The maximum atomic E-state index is 6.32. The zero-order valence-corrected chi connectivity index (χ0v) is 13.0. The van der Waals surface area contributed by atoms with Crippen LogP contribution in [0.2, 0.25) is 5.02 Å². The Labute approximate surface area is 130 Å². The molecule has 0 saturated carbocycles. The first-order valence-corrected chi connectivity index (χ1v) is 7.85. The van der Waals surface area contributed by atoms with E-state index in [9.17, 15) is 0 Å². The average molecular weight is 299 g/mol. The van der Waals surface area contributed by atoms with E-state index in [1.54, 1.807) is 0 Å². The fraction of sp³-hybridized carbons (Fsp3) is 0.278. The van der Waals surface area contributed by atoms with Crippen LogP contribution in [0.3, 0.4) is 0 Å². The molecule has 21 heavy (non-hydrogen) atoms. The minimum absolute atomic E-state index is 0.777. The molecule has 1 heterocycles. The number of hydrogen-bond donors (Lipinski definition) is 0. The third-order valence-electron chi connectivity index (χ3n) is 3.77. The summed E-state index contributed by atoms with van der Waals surface area (Å²) in [4.78, 5) is 4.80. The highest BCUT2D eigenvalue weighted by molar-refractivity contribution is 6.31. The number of unbranched alkanes of at least 4 members (excludes halogenated alkanes) is 1. The zero-order valence-electron chi connectivity index (χ0n) is 12.2. The highest BCUT2D eigenvalue weighted by Crippen LogP contribution is 2.22. The molecule has 0 saturated heterocycles. The van der Waals surface area contributed by atoms with Gasteiger partial charge in [-0.15, -0.1) is 0 Å². The van der Waals surface area contributed by atoms with Gasteiger partial charge < -0.3 is 4.57 Å². The molecule has 1 aromatic heterocycles. The molecule has 0 unspecified atom stereocenters. The predicted molar refractivity (Wildman–Crippen MR) is 88.9 cm³/mol. The van der Waals surface area contributed by atoms with Gasteiger partial charge in [0, 0.05) is 11.4 Å². The van der Waals surface area contributed by atoms with Crippen LogP contribution in [-0.2, 0) is 13.0 Å². The number of para-hydroxylation sites is 2. The first kappa shape index (κ1) is 14.2. The summed E-state index contributed by atoms with van der Waals surface area (Å²) in [7, 11) is 0. The Morgan fingerprint density at radius 1 is 1.05 bits per heavy atom. The van der Waals surface area contributed by atoms with E-state index in [-0.39, 0.29) is 0 Å². The summed E-state index contributed by atoms with van der Waals surface area (Å²) in [6.07, 6.45) is 3.34. The molecule has 2 aromatic carbocycles. The second kappa shape index (κ2) is 6.31. The molecule has 0 amide bonds. The van der Waals surface area contributed by atoms with Crippen molar-refractivity contribution in [2.45, 2.75) is 32.7 Å². The third kappa shape index (κ3) is 2.96. The van der Waals surface area contributed by atoms with E-state index in [4.69, 9.17) is 16.6 Å². The van der Waals surface area contributed by atoms with Crippen molar-refractivity contribution in [2.24, 2.45) is 0 Å².